The number of hydrogen-bond donors (Lipinski definition) is 1. The van der Waals surface area contributed by atoms with Gasteiger partial charge in [0.2, 0.25) is 10.0 Å². The van der Waals surface area contributed by atoms with Crippen LogP contribution in [0.3, 0.4) is 0 Å². The van der Waals surface area contributed by atoms with Crippen molar-refractivity contribution in [3.8, 4) is 0 Å². The van der Waals surface area contributed by atoms with Gasteiger partial charge in [-0.2, -0.15) is 0 Å². The van der Waals surface area contributed by atoms with E-state index in [4.69, 9.17) is 23.2 Å². The molecule has 1 aromatic rings. The summed E-state index contributed by atoms with van der Waals surface area (Å²) in [7, 11) is -3.28. The Bertz CT molecular complexity index is 462. The molecule has 0 saturated carbocycles. The first-order valence-electron chi connectivity index (χ1n) is 5.23. The molecule has 1 N–H and O–H groups in total. The molecule has 1 unspecified atom stereocenters. The third kappa shape index (κ3) is 5.73. The Hall–Kier alpha value is -0.290. The minimum Gasteiger partial charge on any atom is -0.212 e. The summed E-state index contributed by atoms with van der Waals surface area (Å²) in [5.41, 5.74) is 0.999. The fraction of sp³-hybridized carbons (Fsp3) is 0.455. The van der Waals surface area contributed by atoms with Gasteiger partial charge in [-0.25, -0.2) is 13.1 Å². The van der Waals surface area contributed by atoms with Gasteiger partial charge >= 0.3 is 0 Å². The average Bonchev–Trinajstić information content (AvgIpc) is 2.15. The Morgan fingerprint density at radius 1 is 1.41 bits per heavy atom. The van der Waals surface area contributed by atoms with Crippen molar-refractivity contribution in [1.82, 2.24) is 4.72 Å². The molecule has 0 radical (unpaired) electrons. The van der Waals surface area contributed by atoms with E-state index in [0.717, 1.165) is 5.56 Å². The van der Waals surface area contributed by atoms with Crippen molar-refractivity contribution in [3.05, 3.63) is 34.9 Å². The Morgan fingerprint density at radius 3 is 2.71 bits per heavy atom. The zero-order valence-electron chi connectivity index (χ0n) is 9.49. The fourth-order valence-electron chi connectivity index (χ4n) is 1.53. The van der Waals surface area contributed by atoms with Crippen molar-refractivity contribution in [3.63, 3.8) is 0 Å². The van der Waals surface area contributed by atoms with Crippen LogP contribution in [0.15, 0.2) is 24.3 Å². The minimum absolute atomic E-state index is 0.0611. The highest BCUT2D eigenvalue weighted by Crippen LogP contribution is 2.12. The van der Waals surface area contributed by atoms with Crippen LogP contribution in [0.2, 0.25) is 5.02 Å². The summed E-state index contributed by atoms with van der Waals surface area (Å²) in [6.07, 6.45) is 0.599. The molecule has 0 bridgehead atoms. The summed E-state index contributed by atoms with van der Waals surface area (Å²) in [5.74, 6) is 0.0354. The van der Waals surface area contributed by atoms with E-state index in [9.17, 15) is 8.42 Å². The SMILES string of the molecule is CC(Cc1cccc(Cl)c1)NS(=O)(=O)CCCl. The van der Waals surface area contributed by atoms with Crippen molar-refractivity contribution in [1.29, 1.82) is 0 Å². The molecule has 1 atom stereocenters. The Kier molecular flexibility index (Phi) is 5.73. The molecule has 0 heterocycles. The monoisotopic (exact) mass is 295 g/mol. The molecule has 0 aliphatic carbocycles. The zero-order valence-corrected chi connectivity index (χ0v) is 11.8. The second-order valence-electron chi connectivity index (χ2n) is 3.86. The van der Waals surface area contributed by atoms with Crippen LogP contribution >= 0.6 is 23.2 Å². The topological polar surface area (TPSA) is 46.2 Å². The first-order chi connectivity index (χ1) is 7.93. The summed E-state index contributed by atoms with van der Waals surface area (Å²) < 4.78 is 25.5. The standard InChI is InChI=1S/C11H15Cl2NO2S/c1-9(14-17(15,16)6-5-12)7-10-3-2-4-11(13)8-10/h2-4,8-9,14H,5-7H2,1H3. The normalized spacial score (nSPS) is 13.6. The smallest absolute Gasteiger partial charge is 0.212 e. The van der Waals surface area contributed by atoms with Crippen LogP contribution in [0.25, 0.3) is 0 Å². The molecule has 0 aromatic heterocycles. The van der Waals surface area contributed by atoms with Gasteiger partial charge in [0.15, 0.2) is 0 Å². The van der Waals surface area contributed by atoms with E-state index in [1.54, 1.807) is 6.07 Å². The van der Waals surface area contributed by atoms with Gasteiger partial charge in [-0.1, -0.05) is 23.7 Å². The molecule has 0 aliphatic heterocycles. The number of rotatable bonds is 6. The highest BCUT2D eigenvalue weighted by Gasteiger charge is 2.13. The maximum Gasteiger partial charge on any atom is 0.213 e. The lowest BCUT2D eigenvalue weighted by atomic mass is 10.1. The average molecular weight is 296 g/mol. The molecule has 17 heavy (non-hydrogen) atoms. The molecule has 3 nitrogen and oxygen atoms in total. The van der Waals surface area contributed by atoms with Crippen LogP contribution in [0, 0.1) is 0 Å². The van der Waals surface area contributed by atoms with Gasteiger partial charge < -0.3 is 0 Å². The molecule has 0 aliphatic rings. The number of hydrogen-bond acceptors (Lipinski definition) is 2. The Labute approximate surface area is 112 Å². The van der Waals surface area contributed by atoms with Gasteiger partial charge in [0.1, 0.15) is 0 Å². The number of halogens is 2. The fourth-order valence-corrected chi connectivity index (χ4v) is 3.37. The van der Waals surface area contributed by atoms with Gasteiger partial charge in [0, 0.05) is 16.9 Å². The van der Waals surface area contributed by atoms with Crippen LogP contribution in [0.1, 0.15) is 12.5 Å². The Balaban J connectivity index is 2.58. The highest BCUT2D eigenvalue weighted by atomic mass is 35.5. The Morgan fingerprint density at radius 2 is 2.12 bits per heavy atom. The molecular formula is C11H15Cl2NO2S. The largest absolute Gasteiger partial charge is 0.213 e. The molecule has 96 valence electrons. The quantitative estimate of drug-likeness (QED) is 0.820. The molecular weight excluding hydrogens is 281 g/mol. The van der Waals surface area contributed by atoms with Crippen LogP contribution in [-0.4, -0.2) is 26.1 Å². The summed E-state index contributed by atoms with van der Waals surface area (Å²) in [6, 6.07) is 7.19. The lowest BCUT2D eigenvalue weighted by molar-refractivity contribution is 0.561. The van der Waals surface area contributed by atoms with E-state index in [1.807, 2.05) is 25.1 Å². The van der Waals surface area contributed by atoms with Gasteiger partial charge in [-0.3, -0.25) is 0 Å². The molecule has 6 heteroatoms. The summed E-state index contributed by atoms with van der Waals surface area (Å²) in [4.78, 5) is 0. The maximum atomic E-state index is 11.5. The van der Waals surface area contributed by atoms with E-state index in [1.165, 1.54) is 0 Å². The highest BCUT2D eigenvalue weighted by molar-refractivity contribution is 7.89. The van der Waals surface area contributed by atoms with Crippen molar-refractivity contribution < 1.29 is 8.42 Å². The van der Waals surface area contributed by atoms with E-state index < -0.39 is 10.0 Å². The van der Waals surface area contributed by atoms with E-state index in [0.29, 0.717) is 11.4 Å². The molecule has 1 aromatic carbocycles. The van der Waals surface area contributed by atoms with Crippen molar-refractivity contribution in [2.24, 2.45) is 0 Å². The number of benzene rings is 1. The molecule has 0 fully saturated rings. The first kappa shape index (κ1) is 14.8. The van der Waals surface area contributed by atoms with Gasteiger partial charge in [-0.05, 0) is 31.0 Å². The van der Waals surface area contributed by atoms with Crippen molar-refractivity contribution in [2.75, 3.05) is 11.6 Å². The van der Waals surface area contributed by atoms with Gasteiger partial charge in [0.05, 0.1) is 5.75 Å². The predicted octanol–water partition coefficient (Wildman–Crippen LogP) is 2.43. The molecule has 0 saturated heterocycles. The minimum atomic E-state index is -3.28. The predicted molar refractivity (Wildman–Crippen MR) is 72.3 cm³/mol. The molecule has 1 rings (SSSR count). The summed E-state index contributed by atoms with van der Waals surface area (Å²) >= 11 is 11.3. The number of nitrogens with one attached hydrogen (secondary N) is 1. The van der Waals surface area contributed by atoms with Crippen LogP contribution < -0.4 is 4.72 Å². The van der Waals surface area contributed by atoms with Crippen LogP contribution in [0.4, 0.5) is 0 Å². The number of alkyl halides is 1. The van der Waals surface area contributed by atoms with Crippen LogP contribution in [0.5, 0.6) is 0 Å². The third-order valence-electron chi connectivity index (χ3n) is 2.16. The second kappa shape index (κ2) is 6.59. The third-order valence-corrected chi connectivity index (χ3v) is 4.31. The van der Waals surface area contributed by atoms with E-state index >= 15 is 0 Å². The first-order valence-corrected chi connectivity index (χ1v) is 7.80. The second-order valence-corrected chi connectivity index (χ2v) is 6.55. The van der Waals surface area contributed by atoms with E-state index in [2.05, 4.69) is 4.72 Å². The lowest BCUT2D eigenvalue weighted by Gasteiger charge is -2.13. The summed E-state index contributed by atoms with van der Waals surface area (Å²) in [6.45, 7) is 1.81. The molecule has 0 spiro atoms. The van der Waals surface area contributed by atoms with Crippen molar-refractivity contribution in [2.45, 2.75) is 19.4 Å². The van der Waals surface area contributed by atoms with Crippen LogP contribution in [-0.2, 0) is 16.4 Å². The lowest BCUT2D eigenvalue weighted by Crippen LogP contribution is -2.36. The van der Waals surface area contributed by atoms with E-state index in [-0.39, 0.29) is 17.7 Å². The van der Waals surface area contributed by atoms with Crippen molar-refractivity contribution >= 4 is 33.2 Å². The summed E-state index contributed by atoms with van der Waals surface area (Å²) in [5, 5.41) is 0.651. The molecule has 0 amide bonds. The number of sulfonamides is 1. The van der Waals surface area contributed by atoms with Gasteiger partial charge in [-0.15, -0.1) is 11.6 Å². The maximum absolute atomic E-state index is 11.5. The van der Waals surface area contributed by atoms with Gasteiger partial charge in [0.25, 0.3) is 0 Å². The zero-order chi connectivity index (χ0) is 12.9.